The Hall–Kier alpha value is -3.89. The summed E-state index contributed by atoms with van der Waals surface area (Å²) in [4.78, 5) is 70.2. The molecule has 10 atom stereocenters. The zero-order valence-electron chi connectivity index (χ0n) is 29.1. The Morgan fingerprint density at radius 2 is 1.21 bits per heavy atom. The number of imidazole rings is 1. The molecule has 2 saturated carbocycles. The van der Waals surface area contributed by atoms with Crippen molar-refractivity contribution < 1.29 is 57.1 Å². The third-order valence-corrected chi connectivity index (χ3v) is 10.3. The van der Waals surface area contributed by atoms with Crippen molar-refractivity contribution in [3.63, 3.8) is 0 Å². The predicted octanol–water partition coefficient (Wildman–Crippen LogP) is 5.03. The predicted molar refractivity (Wildman–Crippen MR) is 184 cm³/mol. The van der Waals surface area contributed by atoms with E-state index in [-0.39, 0.29) is 31.8 Å². The van der Waals surface area contributed by atoms with Gasteiger partial charge in [0.15, 0.2) is 35.3 Å². The summed E-state index contributed by atoms with van der Waals surface area (Å²) in [5.74, 6) is -2.18. The van der Waals surface area contributed by atoms with Crippen molar-refractivity contribution in [1.82, 2.24) is 19.5 Å². The van der Waals surface area contributed by atoms with Crippen molar-refractivity contribution >= 4 is 52.6 Å². The summed E-state index contributed by atoms with van der Waals surface area (Å²) in [5.41, 5.74) is -0.590. The molecule has 0 amide bonds. The highest BCUT2D eigenvalue weighted by Crippen LogP contribution is 2.56. The Bertz CT molecular complexity index is 1630. The zero-order valence-corrected chi connectivity index (χ0v) is 29.8. The lowest BCUT2D eigenvalue weighted by Crippen LogP contribution is -2.57. The van der Waals surface area contributed by atoms with E-state index in [9.17, 15) is 24.0 Å². The maximum Gasteiger partial charge on any atom is 0.305 e. The SMILES string of the molecule is C.C.CC[C@@H]1CC[C@@]12O[C@@H](OC(C)=O)C(OC(C)=O)[C@H]2OC(C)=O.CC[C@@H]1CC[C@@]12O[C@@H](n1cnc3c(Cl)ncnc31)C(OC(C)=O)[C@H]2OC(C)=O. The van der Waals surface area contributed by atoms with E-state index < -0.39 is 78.0 Å². The van der Waals surface area contributed by atoms with Gasteiger partial charge in [0.2, 0.25) is 12.4 Å². The summed E-state index contributed by atoms with van der Waals surface area (Å²) in [5, 5.41) is 0.215. The molecule has 2 aliphatic carbocycles. The second kappa shape index (κ2) is 16.8. The average Bonchev–Trinajstić information content (AvgIpc) is 3.66. The van der Waals surface area contributed by atoms with Crippen LogP contribution in [0.2, 0.25) is 5.15 Å². The van der Waals surface area contributed by atoms with Crippen molar-refractivity contribution in [3.05, 3.63) is 17.8 Å². The van der Waals surface area contributed by atoms with Crippen molar-refractivity contribution in [2.75, 3.05) is 0 Å². The summed E-state index contributed by atoms with van der Waals surface area (Å²) in [6.45, 7) is 10.5. The molecular weight excluding hydrogens is 704 g/mol. The second-order valence-electron chi connectivity index (χ2n) is 13.0. The van der Waals surface area contributed by atoms with Gasteiger partial charge in [-0.25, -0.2) is 15.0 Å². The number of halogens is 1. The Morgan fingerprint density at radius 1 is 0.731 bits per heavy atom. The molecule has 0 bridgehead atoms. The molecule has 2 aromatic rings. The Kier molecular flexibility index (Phi) is 13.8. The van der Waals surface area contributed by atoms with Crippen LogP contribution in [0.3, 0.4) is 0 Å². The molecular formula is C35H51ClN4O12. The van der Waals surface area contributed by atoms with E-state index in [4.69, 9.17) is 44.8 Å². The van der Waals surface area contributed by atoms with Gasteiger partial charge >= 0.3 is 29.8 Å². The first kappa shape index (κ1) is 42.5. The molecule has 2 saturated heterocycles. The number of hydrogen-bond donors (Lipinski definition) is 0. The van der Waals surface area contributed by atoms with E-state index in [1.54, 1.807) is 4.57 Å². The zero-order chi connectivity index (χ0) is 36.5. The first-order valence-corrected chi connectivity index (χ1v) is 17.1. The largest absolute Gasteiger partial charge is 0.455 e. The topological polar surface area (TPSA) is 194 Å². The van der Waals surface area contributed by atoms with E-state index in [1.807, 2.05) is 6.92 Å². The van der Waals surface area contributed by atoms with Crippen LogP contribution in [0.1, 0.15) is 108 Å². The Labute approximate surface area is 308 Å². The second-order valence-corrected chi connectivity index (χ2v) is 13.4. The third kappa shape index (κ3) is 7.88. The van der Waals surface area contributed by atoms with Crippen LogP contribution in [-0.2, 0) is 57.1 Å². The highest BCUT2D eigenvalue weighted by Gasteiger charge is 2.67. The number of carbonyl (C=O) groups is 5. The van der Waals surface area contributed by atoms with Crippen LogP contribution in [0.4, 0.5) is 0 Å². The summed E-state index contributed by atoms with van der Waals surface area (Å²) in [6, 6.07) is 0. The van der Waals surface area contributed by atoms with Crippen LogP contribution in [-0.4, -0.2) is 91.3 Å². The molecule has 2 aromatic heterocycles. The van der Waals surface area contributed by atoms with Gasteiger partial charge in [-0.3, -0.25) is 28.5 Å². The summed E-state index contributed by atoms with van der Waals surface area (Å²) >= 11 is 6.11. The third-order valence-electron chi connectivity index (χ3n) is 9.98. The molecule has 0 N–H and O–H groups in total. The molecule has 6 rings (SSSR count). The van der Waals surface area contributed by atoms with Crippen LogP contribution in [0.5, 0.6) is 0 Å². The van der Waals surface area contributed by atoms with Gasteiger partial charge in [0.05, 0.1) is 6.33 Å². The first-order chi connectivity index (χ1) is 23.7. The molecule has 2 unspecified atom stereocenters. The minimum atomic E-state index is -1.06. The van der Waals surface area contributed by atoms with Crippen molar-refractivity contribution in [1.29, 1.82) is 0 Å². The van der Waals surface area contributed by atoms with Gasteiger partial charge in [0.25, 0.3) is 0 Å². The van der Waals surface area contributed by atoms with Gasteiger partial charge in [0, 0.05) is 34.6 Å². The number of nitrogens with zero attached hydrogens (tertiary/aromatic N) is 4. The van der Waals surface area contributed by atoms with Crippen molar-refractivity contribution in [2.45, 2.75) is 150 Å². The van der Waals surface area contributed by atoms with Crippen LogP contribution in [0.25, 0.3) is 11.2 Å². The standard InChI is InChI=1S/C18H21ClN4O5.C15H22O7.2CH4/c1-4-11-5-6-18(11)14(27-10(3)25)13(26-9(2)24)17(28-18)23-8-22-12-15(19)20-7-21-16(12)23;1-5-11-6-7-15(11)13(20-9(3)17)12(19-8(2)16)14(22-15)21-10(4)18;;/h7-8,11,13-14,17H,4-6H2,1-3H3;11-14H,5-7H2,1-4H3;2*1H4/t11-,13?,14-,17-,18-;11-,12?,13-,14-,15-;;/m11../s1. The summed E-state index contributed by atoms with van der Waals surface area (Å²) in [7, 11) is 0. The number of fused-ring (bicyclic) bond motifs is 1. The molecule has 17 heteroatoms. The fourth-order valence-corrected chi connectivity index (χ4v) is 7.95. The van der Waals surface area contributed by atoms with E-state index in [0.717, 1.165) is 25.7 Å². The van der Waals surface area contributed by atoms with Crippen LogP contribution in [0.15, 0.2) is 12.7 Å². The van der Waals surface area contributed by atoms with Gasteiger partial charge in [-0.1, -0.05) is 53.1 Å². The van der Waals surface area contributed by atoms with Crippen molar-refractivity contribution in [2.24, 2.45) is 11.8 Å². The maximum atomic E-state index is 11.8. The molecule has 52 heavy (non-hydrogen) atoms. The molecule has 2 spiro atoms. The molecule has 0 radical (unpaired) electrons. The minimum Gasteiger partial charge on any atom is -0.455 e. The fourth-order valence-electron chi connectivity index (χ4n) is 7.77. The fraction of sp³-hybridized carbons (Fsp3) is 0.714. The van der Waals surface area contributed by atoms with E-state index in [1.165, 1.54) is 47.3 Å². The lowest BCUT2D eigenvalue weighted by atomic mass is 9.65. The first-order valence-electron chi connectivity index (χ1n) is 16.7. The molecule has 0 aromatic carbocycles. The smallest absolute Gasteiger partial charge is 0.305 e. The Balaban J connectivity index is 0.000000278. The van der Waals surface area contributed by atoms with Crippen LogP contribution < -0.4 is 0 Å². The van der Waals surface area contributed by atoms with E-state index in [0.29, 0.717) is 24.0 Å². The summed E-state index contributed by atoms with van der Waals surface area (Å²) in [6.07, 6.45) is 2.73. The van der Waals surface area contributed by atoms with E-state index in [2.05, 4.69) is 21.9 Å². The number of aromatic nitrogens is 4. The molecule has 2 aliphatic heterocycles. The monoisotopic (exact) mass is 754 g/mol. The van der Waals surface area contributed by atoms with Gasteiger partial charge < -0.3 is 33.2 Å². The highest BCUT2D eigenvalue weighted by atomic mass is 35.5. The van der Waals surface area contributed by atoms with Gasteiger partial charge in [0.1, 0.15) is 23.0 Å². The van der Waals surface area contributed by atoms with Crippen LogP contribution in [0, 0.1) is 11.8 Å². The van der Waals surface area contributed by atoms with Gasteiger partial charge in [-0.05, 0) is 37.5 Å². The van der Waals surface area contributed by atoms with Gasteiger partial charge in [-0.15, -0.1) is 0 Å². The lowest BCUT2D eigenvalue weighted by molar-refractivity contribution is -0.232. The normalized spacial score (nSPS) is 32.5. The molecule has 290 valence electrons. The van der Waals surface area contributed by atoms with Crippen LogP contribution >= 0.6 is 11.6 Å². The minimum absolute atomic E-state index is 0. The van der Waals surface area contributed by atoms with Gasteiger partial charge in [-0.2, -0.15) is 0 Å². The quantitative estimate of drug-likeness (QED) is 0.198. The van der Waals surface area contributed by atoms with Crippen molar-refractivity contribution in [3.8, 4) is 0 Å². The molecule has 4 heterocycles. The number of esters is 5. The molecule has 4 aliphatic rings. The average molecular weight is 755 g/mol. The molecule has 4 fully saturated rings. The van der Waals surface area contributed by atoms with E-state index >= 15 is 0 Å². The Morgan fingerprint density at radius 3 is 1.67 bits per heavy atom. The number of carbonyl (C=O) groups excluding carboxylic acids is 5. The maximum absolute atomic E-state index is 11.8. The number of hydrogen-bond acceptors (Lipinski definition) is 15. The number of rotatable bonds is 8. The number of ether oxygens (including phenoxy) is 7. The summed E-state index contributed by atoms with van der Waals surface area (Å²) < 4.78 is 41.1. The highest BCUT2D eigenvalue weighted by molar-refractivity contribution is 6.33. The molecule has 16 nitrogen and oxygen atoms in total. The lowest BCUT2D eigenvalue weighted by Gasteiger charge is -2.48.